The fourth-order valence-corrected chi connectivity index (χ4v) is 1.32. The summed E-state index contributed by atoms with van der Waals surface area (Å²) in [5, 5.41) is 20.4. The predicted molar refractivity (Wildman–Crippen MR) is 67.1 cm³/mol. The molecule has 0 atom stereocenters. The van der Waals surface area contributed by atoms with E-state index in [1.165, 1.54) is 4.90 Å². The van der Waals surface area contributed by atoms with Gasteiger partial charge in [0.25, 0.3) is 0 Å². The molecule has 1 aromatic heterocycles. The van der Waals surface area contributed by atoms with Crippen molar-refractivity contribution in [2.24, 2.45) is 0 Å². The number of rotatable bonds is 6. The van der Waals surface area contributed by atoms with Gasteiger partial charge in [-0.3, -0.25) is 0 Å². The van der Waals surface area contributed by atoms with Gasteiger partial charge in [-0.1, -0.05) is 6.92 Å². The van der Waals surface area contributed by atoms with Crippen LogP contribution in [0.2, 0.25) is 5.28 Å². The molecule has 94 valence electrons. The maximum atomic E-state index is 8.68. The van der Waals surface area contributed by atoms with Crippen LogP contribution in [0.5, 0.6) is 0 Å². The molecule has 8 heteroatoms. The second-order valence-electron chi connectivity index (χ2n) is 3.33. The van der Waals surface area contributed by atoms with Crippen LogP contribution >= 0.6 is 11.6 Å². The predicted octanol–water partition coefficient (Wildman–Crippen LogP) is 1.20. The van der Waals surface area contributed by atoms with E-state index in [4.69, 9.17) is 22.1 Å². The van der Waals surface area contributed by atoms with Crippen molar-refractivity contribution in [2.75, 3.05) is 29.9 Å². The number of hydrogen-bond donors (Lipinski definition) is 1. The van der Waals surface area contributed by atoms with E-state index in [2.05, 4.69) is 20.3 Å². The van der Waals surface area contributed by atoms with Gasteiger partial charge in [-0.15, -0.1) is 0 Å². The molecule has 0 aliphatic rings. The summed E-state index contributed by atoms with van der Waals surface area (Å²) in [6, 6.07) is 3.89. The number of halogens is 1. The molecular weight excluding hydrogens is 254 g/mol. The summed E-state index contributed by atoms with van der Waals surface area (Å²) in [5.74, 6) is 0.560. The number of nitriles is 2. The van der Waals surface area contributed by atoms with Gasteiger partial charge in [-0.2, -0.15) is 25.5 Å². The Labute approximate surface area is 110 Å². The third-order valence-electron chi connectivity index (χ3n) is 1.94. The number of nitrogens with one attached hydrogen (secondary N) is 1. The van der Waals surface area contributed by atoms with E-state index in [9.17, 15) is 0 Å². The fourth-order valence-electron chi connectivity index (χ4n) is 1.16. The average Bonchev–Trinajstić information content (AvgIpc) is 2.35. The molecule has 18 heavy (non-hydrogen) atoms. The van der Waals surface area contributed by atoms with Gasteiger partial charge in [0.2, 0.25) is 17.2 Å². The molecule has 1 aromatic rings. The number of aromatic nitrogens is 3. The van der Waals surface area contributed by atoms with Crippen LogP contribution in [-0.4, -0.2) is 34.6 Å². The lowest BCUT2D eigenvalue weighted by Gasteiger charge is -2.16. The summed E-state index contributed by atoms with van der Waals surface area (Å²) in [7, 11) is 0. The minimum absolute atomic E-state index is 0.0150. The molecule has 0 amide bonds. The van der Waals surface area contributed by atoms with Crippen molar-refractivity contribution in [1.29, 1.82) is 10.5 Å². The highest BCUT2D eigenvalue weighted by Crippen LogP contribution is 2.13. The molecular formula is C10H12ClN7. The van der Waals surface area contributed by atoms with Crippen LogP contribution in [0.15, 0.2) is 0 Å². The second-order valence-corrected chi connectivity index (χ2v) is 3.67. The lowest BCUT2D eigenvalue weighted by atomic mass is 10.5. The molecule has 7 nitrogen and oxygen atoms in total. The second kappa shape index (κ2) is 7.25. The summed E-state index contributed by atoms with van der Waals surface area (Å²) in [6.07, 6.45) is 0.915. The first kappa shape index (κ1) is 13.9. The van der Waals surface area contributed by atoms with Crippen LogP contribution in [0.3, 0.4) is 0 Å². The van der Waals surface area contributed by atoms with Crippen molar-refractivity contribution in [2.45, 2.75) is 13.3 Å². The van der Waals surface area contributed by atoms with E-state index in [0.717, 1.165) is 6.42 Å². The van der Waals surface area contributed by atoms with Gasteiger partial charge in [0.15, 0.2) is 0 Å². The van der Waals surface area contributed by atoms with Crippen LogP contribution < -0.4 is 10.2 Å². The SMILES string of the molecule is CCCNc1nc(Cl)nc(N(CC#N)CC#N)n1. The van der Waals surface area contributed by atoms with E-state index in [0.29, 0.717) is 12.5 Å². The summed E-state index contributed by atoms with van der Waals surface area (Å²) >= 11 is 5.78. The molecule has 1 heterocycles. The molecule has 0 spiro atoms. The zero-order valence-electron chi connectivity index (χ0n) is 9.89. The topological polar surface area (TPSA) is 102 Å². The molecule has 0 unspecified atom stereocenters. The van der Waals surface area contributed by atoms with E-state index in [1.807, 2.05) is 19.1 Å². The van der Waals surface area contributed by atoms with Gasteiger partial charge < -0.3 is 10.2 Å². The Balaban J connectivity index is 2.96. The van der Waals surface area contributed by atoms with Crippen molar-refractivity contribution in [3.8, 4) is 12.1 Å². The smallest absolute Gasteiger partial charge is 0.233 e. The molecule has 1 rings (SSSR count). The molecule has 0 radical (unpaired) electrons. The zero-order chi connectivity index (χ0) is 13.4. The van der Waals surface area contributed by atoms with Crippen molar-refractivity contribution in [3.63, 3.8) is 0 Å². The minimum atomic E-state index is 0.0150. The molecule has 0 saturated carbocycles. The number of anilines is 2. The van der Waals surface area contributed by atoms with E-state index < -0.39 is 0 Å². The third-order valence-corrected chi connectivity index (χ3v) is 2.10. The fraction of sp³-hybridized carbons (Fsp3) is 0.500. The molecule has 0 aliphatic heterocycles. The lowest BCUT2D eigenvalue weighted by molar-refractivity contribution is 0.870. The Bertz CT molecular complexity index is 460. The highest BCUT2D eigenvalue weighted by molar-refractivity contribution is 6.28. The highest BCUT2D eigenvalue weighted by Gasteiger charge is 2.12. The first-order valence-electron chi connectivity index (χ1n) is 5.35. The van der Waals surface area contributed by atoms with Crippen LogP contribution in [0, 0.1) is 22.7 Å². The maximum Gasteiger partial charge on any atom is 0.233 e. The van der Waals surface area contributed by atoms with Gasteiger partial charge in [-0.05, 0) is 18.0 Å². The van der Waals surface area contributed by atoms with Crippen LogP contribution in [-0.2, 0) is 0 Å². The summed E-state index contributed by atoms with van der Waals surface area (Å²) in [6.45, 7) is 2.74. The van der Waals surface area contributed by atoms with Crippen LogP contribution in [0.4, 0.5) is 11.9 Å². The summed E-state index contributed by atoms with van der Waals surface area (Å²) < 4.78 is 0. The largest absolute Gasteiger partial charge is 0.354 e. The summed E-state index contributed by atoms with van der Waals surface area (Å²) in [5.41, 5.74) is 0. The Morgan fingerprint density at radius 2 is 1.89 bits per heavy atom. The van der Waals surface area contributed by atoms with E-state index in [-0.39, 0.29) is 24.3 Å². The molecule has 0 aromatic carbocycles. The quantitative estimate of drug-likeness (QED) is 0.771. The highest BCUT2D eigenvalue weighted by atomic mass is 35.5. The Morgan fingerprint density at radius 1 is 1.22 bits per heavy atom. The Hall–Kier alpha value is -2.12. The third kappa shape index (κ3) is 4.04. The van der Waals surface area contributed by atoms with Gasteiger partial charge in [-0.25, -0.2) is 0 Å². The van der Waals surface area contributed by atoms with Crippen molar-refractivity contribution >= 4 is 23.5 Å². The first-order valence-corrected chi connectivity index (χ1v) is 5.73. The summed E-state index contributed by atoms with van der Waals surface area (Å²) in [4.78, 5) is 13.4. The normalized spacial score (nSPS) is 9.33. The Morgan fingerprint density at radius 3 is 2.44 bits per heavy atom. The zero-order valence-corrected chi connectivity index (χ0v) is 10.6. The van der Waals surface area contributed by atoms with E-state index >= 15 is 0 Å². The van der Waals surface area contributed by atoms with Crippen molar-refractivity contribution < 1.29 is 0 Å². The molecule has 1 N–H and O–H groups in total. The number of hydrogen-bond acceptors (Lipinski definition) is 7. The van der Waals surface area contributed by atoms with Gasteiger partial charge in [0.05, 0.1) is 12.1 Å². The molecule has 0 saturated heterocycles. The van der Waals surface area contributed by atoms with Gasteiger partial charge in [0, 0.05) is 6.54 Å². The number of nitrogens with zero attached hydrogens (tertiary/aromatic N) is 6. The van der Waals surface area contributed by atoms with Gasteiger partial charge in [0.1, 0.15) is 13.1 Å². The van der Waals surface area contributed by atoms with Crippen molar-refractivity contribution in [1.82, 2.24) is 15.0 Å². The minimum Gasteiger partial charge on any atom is -0.354 e. The standard InChI is InChI=1S/C10H12ClN7/c1-2-5-14-9-15-8(11)16-10(17-9)18(6-3-12)7-4-13/h2,5-7H2,1H3,(H,14,15,16,17). The van der Waals surface area contributed by atoms with E-state index in [1.54, 1.807) is 0 Å². The Kier molecular flexibility index (Phi) is 5.62. The maximum absolute atomic E-state index is 8.68. The van der Waals surface area contributed by atoms with Crippen LogP contribution in [0.1, 0.15) is 13.3 Å². The monoisotopic (exact) mass is 265 g/mol. The molecule has 0 bridgehead atoms. The first-order chi connectivity index (χ1) is 8.71. The van der Waals surface area contributed by atoms with Crippen molar-refractivity contribution in [3.05, 3.63) is 5.28 Å². The molecule has 0 fully saturated rings. The lowest BCUT2D eigenvalue weighted by Crippen LogP contribution is -2.26. The molecule has 0 aliphatic carbocycles. The van der Waals surface area contributed by atoms with Gasteiger partial charge >= 0.3 is 0 Å². The van der Waals surface area contributed by atoms with Crippen LogP contribution in [0.25, 0.3) is 0 Å². The average molecular weight is 266 g/mol.